The highest BCUT2D eigenvalue weighted by Crippen LogP contribution is 2.29. The van der Waals surface area contributed by atoms with Crippen molar-refractivity contribution >= 4 is 5.91 Å². The molecule has 3 aromatic heterocycles. The van der Waals surface area contributed by atoms with Crippen molar-refractivity contribution in [2.24, 2.45) is 0 Å². The number of carbonyl (C=O) groups excluding carboxylic acids is 1. The van der Waals surface area contributed by atoms with Crippen LogP contribution in [0.3, 0.4) is 0 Å². The van der Waals surface area contributed by atoms with Crippen molar-refractivity contribution in [1.82, 2.24) is 30.0 Å². The van der Waals surface area contributed by atoms with Crippen molar-refractivity contribution in [1.29, 1.82) is 0 Å². The Balaban J connectivity index is 1.48. The molecular weight excluding hydrogens is 425 g/mol. The summed E-state index contributed by atoms with van der Waals surface area (Å²) in [4.78, 5) is 25.2. The van der Waals surface area contributed by atoms with E-state index in [0.717, 1.165) is 12.1 Å². The number of alkyl halides is 3. The zero-order valence-electron chi connectivity index (χ0n) is 16.8. The third-order valence-corrected chi connectivity index (χ3v) is 4.60. The van der Waals surface area contributed by atoms with Gasteiger partial charge in [0.2, 0.25) is 0 Å². The Morgan fingerprint density at radius 2 is 1.94 bits per heavy atom. The Bertz CT molecular complexity index is 1230. The van der Waals surface area contributed by atoms with Crippen LogP contribution in [0.15, 0.2) is 59.6 Å². The predicted octanol–water partition coefficient (Wildman–Crippen LogP) is 3.83. The van der Waals surface area contributed by atoms with Gasteiger partial charge in [0.05, 0.1) is 11.1 Å². The minimum Gasteiger partial charge on any atom is -0.347 e. The number of imidazole rings is 1. The molecule has 0 saturated carbocycles. The molecule has 0 radical (unpaired) electrons. The van der Waals surface area contributed by atoms with Crippen LogP contribution in [0.1, 0.15) is 34.4 Å². The standard InChI is InChI=1S/C21H17F3N6O2/c1-2-17-28-20(32-29-17)15-4-3-9-25-18(15)30-11-16(27-12-30)19(31)26-10-13-5-7-14(8-6-13)21(22,23)24/h3-9,11-12H,2,10H2,1H3,(H,26,31). The lowest BCUT2D eigenvalue weighted by Crippen LogP contribution is -2.23. The summed E-state index contributed by atoms with van der Waals surface area (Å²) in [6, 6.07) is 8.07. The van der Waals surface area contributed by atoms with Crippen molar-refractivity contribution in [3.05, 3.63) is 77.8 Å². The number of hydrogen-bond acceptors (Lipinski definition) is 6. The molecule has 11 heteroatoms. The summed E-state index contributed by atoms with van der Waals surface area (Å²) in [5, 5.41) is 6.52. The molecule has 1 amide bonds. The van der Waals surface area contributed by atoms with E-state index in [-0.39, 0.29) is 12.2 Å². The Labute approximate surface area is 180 Å². The Hall–Kier alpha value is -4.02. The fraction of sp³-hybridized carbons (Fsp3) is 0.190. The topological polar surface area (TPSA) is 98.7 Å². The van der Waals surface area contributed by atoms with Crippen LogP contribution in [0.5, 0.6) is 0 Å². The summed E-state index contributed by atoms with van der Waals surface area (Å²) in [6.07, 6.45) is 0.715. The average Bonchev–Trinajstić information content (AvgIpc) is 3.47. The summed E-state index contributed by atoms with van der Waals surface area (Å²) in [5.41, 5.74) is 0.479. The first-order chi connectivity index (χ1) is 15.3. The number of nitrogens with one attached hydrogen (secondary N) is 1. The largest absolute Gasteiger partial charge is 0.416 e. The molecule has 0 spiro atoms. The predicted molar refractivity (Wildman–Crippen MR) is 107 cm³/mol. The molecule has 8 nitrogen and oxygen atoms in total. The van der Waals surface area contributed by atoms with E-state index in [0.29, 0.717) is 35.1 Å². The lowest BCUT2D eigenvalue weighted by atomic mass is 10.1. The maximum absolute atomic E-state index is 12.7. The second-order valence-corrected chi connectivity index (χ2v) is 6.79. The van der Waals surface area contributed by atoms with Crippen molar-refractivity contribution in [2.75, 3.05) is 0 Å². The molecule has 0 saturated heterocycles. The smallest absolute Gasteiger partial charge is 0.347 e. The highest BCUT2D eigenvalue weighted by Gasteiger charge is 2.29. The number of nitrogens with zero attached hydrogens (tertiary/aromatic N) is 5. The minimum absolute atomic E-state index is 0.0560. The third kappa shape index (κ3) is 4.51. The van der Waals surface area contributed by atoms with Gasteiger partial charge in [0.25, 0.3) is 11.8 Å². The van der Waals surface area contributed by atoms with E-state index in [4.69, 9.17) is 4.52 Å². The first-order valence-corrected chi connectivity index (χ1v) is 9.62. The molecule has 32 heavy (non-hydrogen) atoms. The summed E-state index contributed by atoms with van der Waals surface area (Å²) in [7, 11) is 0. The number of aryl methyl sites for hydroxylation is 1. The van der Waals surface area contributed by atoms with Gasteiger partial charge < -0.3 is 9.84 Å². The van der Waals surface area contributed by atoms with Gasteiger partial charge in [-0.25, -0.2) is 9.97 Å². The molecule has 4 rings (SSSR count). The zero-order valence-corrected chi connectivity index (χ0v) is 16.8. The van der Waals surface area contributed by atoms with Gasteiger partial charge in [0, 0.05) is 25.4 Å². The summed E-state index contributed by atoms with van der Waals surface area (Å²) < 4.78 is 44.8. The number of aromatic nitrogens is 5. The lowest BCUT2D eigenvalue weighted by molar-refractivity contribution is -0.137. The Morgan fingerprint density at radius 1 is 1.16 bits per heavy atom. The molecule has 4 aromatic rings. The van der Waals surface area contributed by atoms with Crippen LogP contribution in [0, 0.1) is 0 Å². The Morgan fingerprint density at radius 3 is 2.62 bits per heavy atom. The maximum atomic E-state index is 12.7. The van der Waals surface area contributed by atoms with E-state index in [2.05, 4.69) is 25.4 Å². The molecule has 0 aliphatic carbocycles. The van der Waals surface area contributed by atoms with Crippen LogP contribution in [-0.4, -0.2) is 30.6 Å². The Kier molecular flexibility index (Phi) is 5.71. The van der Waals surface area contributed by atoms with E-state index >= 15 is 0 Å². The fourth-order valence-electron chi connectivity index (χ4n) is 2.92. The number of rotatable bonds is 6. The molecule has 0 fully saturated rings. The van der Waals surface area contributed by atoms with E-state index in [1.807, 2.05) is 6.92 Å². The van der Waals surface area contributed by atoms with Crippen molar-refractivity contribution < 1.29 is 22.5 Å². The van der Waals surface area contributed by atoms with Gasteiger partial charge in [-0.15, -0.1) is 0 Å². The minimum atomic E-state index is -4.40. The molecule has 0 aliphatic heterocycles. The first-order valence-electron chi connectivity index (χ1n) is 9.62. The van der Waals surface area contributed by atoms with Gasteiger partial charge in [-0.1, -0.05) is 24.2 Å². The van der Waals surface area contributed by atoms with Crippen LogP contribution in [0.25, 0.3) is 17.3 Å². The number of amides is 1. The SMILES string of the molecule is CCc1noc(-c2cccnc2-n2cnc(C(=O)NCc3ccc(C(F)(F)F)cc3)c2)n1. The van der Waals surface area contributed by atoms with Gasteiger partial charge in [-0.05, 0) is 29.8 Å². The zero-order chi connectivity index (χ0) is 22.7. The number of benzene rings is 1. The molecule has 3 heterocycles. The monoisotopic (exact) mass is 442 g/mol. The van der Waals surface area contributed by atoms with E-state index < -0.39 is 17.6 Å². The number of pyridine rings is 1. The molecule has 0 aliphatic rings. The molecule has 1 aromatic carbocycles. The van der Waals surface area contributed by atoms with Gasteiger partial charge in [0.1, 0.15) is 12.0 Å². The second-order valence-electron chi connectivity index (χ2n) is 6.79. The second kappa shape index (κ2) is 8.61. The molecule has 1 N–H and O–H groups in total. The van der Waals surface area contributed by atoms with Gasteiger partial charge in [-0.2, -0.15) is 18.2 Å². The van der Waals surface area contributed by atoms with E-state index in [1.165, 1.54) is 24.7 Å². The van der Waals surface area contributed by atoms with Gasteiger partial charge in [-0.3, -0.25) is 9.36 Å². The van der Waals surface area contributed by atoms with Crippen LogP contribution < -0.4 is 5.32 Å². The molecule has 0 bridgehead atoms. The van der Waals surface area contributed by atoms with Crippen molar-refractivity contribution in [3.63, 3.8) is 0 Å². The van der Waals surface area contributed by atoms with Crippen LogP contribution in [0.2, 0.25) is 0 Å². The van der Waals surface area contributed by atoms with Crippen molar-refractivity contribution in [2.45, 2.75) is 26.1 Å². The summed E-state index contributed by atoms with van der Waals surface area (Å²) in [6.45, 7) is 1.96. The first kappa shape index (κ1) is 21.2. The lowest BCUT2D eigenvalue weighted by Gasteiger charge is -2.08. The van der Waals surface area contributed by atoms with Gasteiger partial charge >= 0.3 is 6.18 Å². The number of hydrogen-bond donors (Lipinski definition) is 1. The van der Waals surface area contributed by atoms with E-state index in [9.17, 15) is 18.0 Å². The van der Waals surface area contributed by atoms with E-state index in [1.54, 1.807) is 22.9 Å². The molecule has 164 valence electrons. The highest BCUT2D eigenvalue weighted by atomic mass is 19.4. The van der Waals surface area contributed by atoms with Crippen LogP contribution in [-0.2, 0) is 19.1 Å². The normalized spacial score (nSPS) is 11.5. The quantitative estimate of drug-likeness (QED) is 0.487. The summed E-state index contributed by atoms with van der Waals surface area (Å²) >= 11 is 0. The summed E-state index contributed by atoms with van der Waals surface area (Å²) in [5.74, 6) is 0.830. The number of halogens is 3. The van der Waals surface area contributed by atoms with Crippen molar-refractivity contribution in [3.8, 4) is 17.3 Å². The number of carbonyl (C=O) groups is 1. The molecule has 0 unspecified atom stereocenters. The third-order valence-electron chi connectivity index (χ3n) is 4.60. The highest BCUT2D eigenvalue weighted by molar-refractivity contribution is 5.92. The van der Waals surface area contributed by atoms with Gasteiger partial charge in [0.15, 0.2) is 11.6 Å². The molecular formula is C21H17F3N6O2. The maximum Gasteiger partial charge on any atom is 0.416 e. The molecule has 0 atom stereocenters. The van der Waals surface area contributed by atoms with Crippen LogP contribution in [0.4, 0.5) is 13.2 Å². The average molecular weight is 442 g/mol. The fourth-order valence-corrected chi connectivity index (χ4v) is 2.92. The van der Waals surface area contributed by atoms with Crippen LogP contribution >= 0.6 is 0 Å².